The van der Waals surface area contributed by atoms with Crippen molar-refractivity contribution in [2.45, 2.75) is 4.90 Å². The molecule has 112 valence electrons. The van der Waals surface area contributed by atoms with Gasteiger partial charge in [0.1, 0.15) is 11.6 Å². The maximum atomic E-state index is 13.4. The second kappa shape index (κ2) is 8.89. The maximum absolute atomic E-state index is 13.4. The quantitative estimate of drug-likeness (QED) is 0.740. The van der Waals surface area contributed by atoms with E-state index in [0.29, 0.717) is 13.2 Å². The van der Waals surface area contributed by atoms with E-state index in [-0.39, 0.29) is 29.7 Å². The van der Waals surface area contributed by atoms with E-state index in [2.05, 4.69) is 0 Å². The molecule has 0 aliphatic carbocycles. The van der Waals surface area contributed by atoms with Gasteiger partial charge in [0.2, 0.25) is 5.91 Å². The van der Waals surface area contributed by atoms with Crippen LogP contribution in [0.3, 0.4) is 0 Å². The van der Waals surface area contributed by atoms with Crippen molar-refractivity contribution < 1.29 is 23.4 Å². The Balaban J connectivity index is 2.55. The van der Waals surface area contributed by atoms with Gasteiger partial charge in [0.25, 0.3) is 0 Å². The van der Waals surface area contributed by atoms with E-state index in [1.807, 2.05) is 0 Å². The summed E-state index contributed by atoms with van der Waals surface area (Å²) in [6.07, 6.45) is 0. The molecule has 1 rings (SSSR count). The van der Waals surface area contributed by atoms with Crippen molar-refractivity contribution in [1.82, 2.24) is 4.90 Å². The van der Waals surface area contributed by atoms with E-state index in [0.717, 1.165) is 23.9 Å². The highest BCUT2D eigenvalue weighted by Gasteiger charge is 2.14. The molecular formula is C13H17F2NO3S. The van der Waals surface area contributed by atoms with Crippen LogP contribution >= 0.6 is 11.8 Å². The molecular weight excluding hydrogens is 288 g/mol. The summed E-state index contributed by atoms with van der Waals surface area (Å²) >= 11 is 0.996. The number of benzene rings is 1. The number of hydrogen-bond acceptors (Lipinski definition) is 4. The molecule has 0 aliphatic heterocycles. The second-order valence-corrected chi connectivity index (χ2v) is 4.98. The maximum Gasteiger partial charge on any atom is 0.233 e. The Labute approximate surface area is 120 Å². The van der Waals surface area contributed by atoms with Crippen LogP contribution in [0.25, 0.3) is 0 Å². The van der Waals surface area contributed by atoms with Gasteiger partial charge in [-0.3, -0.25) is 4.79 Å². The fourth-order valence-corrected chi connectivity index (χ4v) is 2.33. The van der Waals surface area contributed by atoms with Crippen molar-refractivity contribution in [2.24, 2.45) is 0 Å². The van der Waals surface area contributed by atoms with Gasteiger partial charge in [0.05, 0.1) is 19.0 Å². The van der Waals surface area contributed by atoms with Crippen molar-refractivity contribution in [1.29, 1.82) is 0 Å². The minimum atomic E-state index is -0.687. The standard InChI is InChI=1S/C13H17F2NO3S/c1-19-7-5-16(4-6-17)13(18)9-20-12-3-2-10(14)8-11(12)15/h2-3,8,17H,4-7,9H2,1H3. The van der Waals surface area contributed by atoms with Gasteiger partial charge in [-0.25, -0.2) is 8.78 Å². The van der Waals surface area contributed by atoms with Crippen LogP contribution in [-0.2, 0) is 9.53 Å². The number of methoxy groups -OCH3 is 1. The number of carbonyl (C=O) groups excluding carboxylic acids is 1. The molecule has 0 unspecified atom stereocenters. The topological polar surface area (TPSA) is 49.8 Å². The number of amides is 1. The molecule has 0 fully saturated rings. The number of ether oxygens (including phenoxy) is 1. The number of halogens is 2. The van der Waals surface area contributed by atoms with Crippen molar-refractivity contribution in [3.8, 4) is 0 Å². The number of nitrogens with zero attached hydrogens (tertiary/aromatic N) is 1. The fraction of sp³-hybridized carbons (Fsp3) is 0.462. The summed E-state index contributed by atoms with van der Waals surface area (Å²) in [5.74, 6) is -1.55. The molecule has 1 N–H and O–H groups in total. The van der Waals surface area contributed by atoms with Crippen molar-refractivity contribution in [3.63, 3.8) is 0 Å². The monoisotopic (exact) mass is 305 g/mol. The SMILES string of the molecule is COCCN(CCO)C(=O)CSc1ccc(F)cc1F. The first-order valence-electron chi connectivity index (χ1n) is 6.04. The third-order valence-corrected chi connectivity index (χ3v) is 3.57. The van der Waals surface area contributed by atoms with Gasteiger partial charge >= 0.3 is 0 Å². The molecule has 0 saturated heterocycles. The first-order chi connectivity index (χ1) is 9.58. The highest BCUT2D eigenvalue weighted by atomic mass is 32.2. The average molecular weight is 305 g/mol. The Morgan fingerprint density at radius 3 is 2.75 bits per heavy atom. The summed E-state index contributed by atoms with van der Waals surface area (Å²) in [5.41, 5.74) is 0. The Hall–Kier alpha value is -1.18. The molecule has 0 heterocycles. The van der Waals surface area contributed by atoms with Crippen LogP contribution < -0.4 is 0 Å². The van der Waals surface area contributed by atoms with E-state index in [1.165, 1.54) is 18.1 Å². The number of aliphatic hydroxyl groups excluding tert-OH is 1. The molecule has 0 aliphatic rings. The lowest BCUT2D eigenvalue weighted by Crippen LogP contribution is -2.37. The van der Waals surface area contributed by atoms with Crippen molar-refractivity contribution in [3.05, 3.63) is 29.8 Å². The summed E-state index contributed by atoms with van der Waals surface area (Å²) in [5, 5.41) is 8.90. The van der Waals surface area contributed by atoms with Crippen LogP contribution in [-0.4, -0.2) is 55.1 Å². The first kappa shape index (κ1) is 16.9. The lowest BCUT2D eigenvalue weighted by atomic mass is 10.3. The van der Waals surface area contributed by atoms with E-state index in [4.69, 9.17) is 9.84 Å². The van der Waals surface area contributed by atoms with Crippen LogP contribution in [0.5, 0.6) is 0 Å². The van der Waals surface area contributed by atoms with Gasteiger partial charge in [-0.1, -0.05) is 0 Å². The minimum Gasteiger partial charge on any atom is -0.395 e. The van der Waals surface area contributed by atoms with Gasteiger partial charge in [-0.15, -0.1) is 11.8 Å². The van der Waals surface area contributed by atoms with Gasteiger partial charge < -0.3 is 14.7 Å². The average Bonchev–Trinajstić information content (AvgIpc) is 2.42. The molecule has 1 aromatic rings. The normalized spacial score (nSPS) is 10.6. The molecule has 0 atom stereocenters. The number of thioether (sulfide) groups is 1. The molecule has 7 heteroatoms. The summed E-state index contributed by atoms with van der Waals surface area (Å²) in [4.78, 5) is 13.6. The second-order valence-electron chi connectivity index (χ2n) is 3.96. The molecule has 1 aromatic carbocycles. The Morgan fingerprint density at radius 1 is 1.40 bits per heavy atom. The van der Waals surface area contributed by atoms with Crippen LogP contribution in [0.1, 0.15) is 0 Å². The van der Waals surface area contributed by atoms with Crippen LogP contribution in [0.2, 0.25) is 0 Å². The van der Waals surface area contributed by atoms with Crippen LogP contribution in [0, 0.1) is 11.6 Å². The van der Waals surface area contributed by atoms with Crippen LogP contribution in [0.4, 0.5) is 8.78 Å². The first-order valence-corrected chi connectivity index (χ1v) is 7.02. The predicted octanol–water partition coefficient (Wildman–Crippen LogP) is 1.52. The summed E-state index contributed by atoms with van der Waals surface area (Å²) < 4.78 is 31.0. The van der Waals surface area contributed by atoms with Gasteiger partial charge in [-0.05, 0) is 12.1 Å². The van der Waals surface area contributed by atoms with E-state index in [9.17, 15) is 13.6 Å². The summed E-state index contributed by atoms with van der Waals surface area (Å²) in [6.45, 7) is 0.781. The molecule has 0 spiro atoms. The number of hydrogen-bond donors (Lipinski definition) is 1. The lowest BCUT2D eigenvalue weighted by Gasteiger charge is -2.21. The predicted molar refractivity (Wildman–Crippen MR) is 72.6 cm³/mol. The van der Waals surface area contributed by atoms with E-state index < -0.39 is 11.6 Å². The largest absolute Gasteiger partial charge is 0.395 e. The zero-order valence-corrected chi connectivity index (χ0v) is 12.0. The number of carbonyl (C=O) groups is 1. The molecule has 0 radical (unpaired) electrons. The summed E-state index contributed by atoms with van der Waals surface area (Å²) in [7, 11) is 1.52. The molecule has 20 heavy (non-hydrogen) atoms. The van der Waals surface area contributed by atoms with Crippen LogP contribution in [0.15, 0.2) is 23.1 Å². The molecule has 0 bridgehead atoms. The van der Waals surface area contributed by atoms with Crippen molar-refractivity contribution >= 4 is 17.7 Å². The Kier molecular flexibility index (Phi) is 7.50. The Morgan fingerprint density at radius 2 is 2.15 bits per heavy atom. The summed E-state index contributed by atoms with van der Waals surface area (Å²) in [6, 6.07) is 3.23. The number of rotatable bonds is 8. The third-order valence-electron chi connectivity index (χ3n) is 2.53. The van der Waals surface area contributed by atoms with Crippen molar-refractivity contribution in [2.75, 3.05) is 39.2 Å². The fourth-order valence-electron chi connectivity index (χ4n) is 1.51. The Bertz CT molecular complexity index is 446. The molecule has 1 amide bonds. The van der Waals surface area contributed by atoms with Gasteiger partial charge in [-0.2, -0.15) is 0 Å². The van der Waals surface area contributed by atoms with Gasteiger partial charge in [0.15, 0.2) is 0 Å². The zero-order chi connectivity index (χ0) is 15.0. The molecule has 4 nitrogen and oxygen atoms in total. The number of aliphatic hydroxyl groups is 1. The van der Waals surface area contributed by atoms with Gasteiger partial charge in [0, 0.05) is 31.2 Å². The van der Waals surface area contributed by atoms with E-state index >= 15 is 0 Å². The highest BCUT2D eigenvalue weighted by Crippen LogP contribution is 2.22. The minimum absolute atomic E-state index is 0.0201. The van der Waals surface area contributed by atoms with E-state index in [1.54, 1.807) is 0 Å². The third kappa shape index (κ3) is 5.44. The smallest absolute Gasteiger partial charge is 0.233 e. The highest BCUT2D eigenvalue weighted by molar-refractivity contribution is 8.00. The lowest BCUT2D eigenvalue weighted by molar-refractivity contribution is -0.129. The molecule has 0 aromatic heterocycles. The zero-order valence-electron chi connectivity index (χ0n) is 11.1. The molecule has 0 saturated carbocycles.